The summed E-state index contributed by atoms with van der Waals surface area (Å²) in [5.41, 5.74) is 1.05. The molecule has 0 amide bonds. The SMILES string of the molecule is CCCCC/C=C\C/C=C\CCCCCCCC(=O)OC[C@@H](COCc1ccccc1)OC(=O)CCCCCCC/C=C\CCCCCCCC. The lowest BCUT2D eigenvalue weighted by atomic mass is 10.1. The van der Waals surface area contributed by atoms with Crippen LogP contribution >= 0.6 is 0 Å². The molecule has 0 aliphatic carbocycles. The molecular weight excluding hydrogens is 633 g/mol. The van der Waals surface area contributed by atoms with Crippen LogP contribution in [0.2, 0.25) is 0 Å². The number of unbranched alkanes of at least 4 members (excludes halogenated alkanes) is 19. The normalized spacial score (nSPS) is 12.4. The summed E-state index contributed by atoms with van der Waals surface area (Å²) >= 11 is 0. The number of benzene rings is 1. The van der Waals surface area contributed by atoms with E-state index in [4.69, 9.17) is 14.2 Å². The van der Waals surface area contributed by atoms with Gasteiger partial charge in [0.25, 0.3) is 0 Å². The number of esters is 2. The van der Waals surface area contributed by atoms with Crippen LogP contribution in [0.4, 0.5) is 0 Å². The van der Waals surface area contributed by atoms with Crippen molar-refractivity contribution in [1.29, 1.82) is 0 Å². The molecule has 51 heavy (non-hydrogen) atoms. The molecule has 0 aliphatic heterocycles. The Bertz CT molecular complexity index is 998. The summed E-state index contributed by atoms with van der Waals surface area (Å²) in [5, 5.41) is 0. The summed E-state index contributed by atoms with van der Waals surface area (Å²) < 4.78 is 17.1. The fourth-order valence-corrected chi connectivity index (χ4v) is 5.92. The zero-order valence-corrected chi connectivity index (χ0v) is 33.0. The first-order valence-corrected chi connectivity index (χ1v) is 21.1. The molecule has 0 unspecified atom stereocenters. The number of ether oxygens (including phenoxy) is 3. The third kappa shape index (κ3) is 33.0. The molecule has 0 aliphatic rings. The number of rotatable bonds is 36. The summed E-state index contributed by atoms with van der Waals surface area (Å²) in [4.78, 5) is 25.1. The van der Waals surface area contributed by atoms with E-state index in [-0.39, 0.29) is 25.2 Å². The minimum Gasteiger partial charge on any atom is -0.462 e. The smallest absolute Gasteiger partial charge is 0.306 e. The maximum atomic E-state index is 12.7. The molecule has 0 saturated heterocycles. The third-order valence-corrected chi connectivity index (χ3v) is 9.12. The Kier molecular flexibility index (Phi) is 33.7. The Morgan fingerprint density at radius 3 is 1.55 bits per heavy atom. The van der Waals surface area contributed by atoms with Gasteiger partial charge in [0.15, 0.2) is 6.10 Å². The molecule has 0 fully saturated rings. The van der Waals surface area contributed by atoms with Crippen molar-refractivity contribution < 1.29 is 23.8 Å². The van der Waals surface area contributed by atoms with Crippen molar-refractivity contribution in [2.75, 3.05) is 13.2 Å². The van der Waals surface area contributed by atoms with Crippen LogP contribution in [0.3, 0.4) is 0 Å². The molecule has 0 aromatic heterocycles. The van der Waals surface area contributed by atoms with E-state index in [9.17, 15) is 9.59 Å². The van der Waals surface area contributed by atoms with Crippen molar-refractivity contribution in [1.82, 2.24) is 0 Å². The highest BCUT2D eigenvalue weighted by Crippen LogP contribution is 2.13. The van der Waals surface area contributed by atoms with E-state index in [1.807, 2.05) is 30.3 Å². The quantitative estimate of drug-likeness (QED) is 0.0394. The zero-order chi connectivity index (χ0) is 36.7. The molecule has 1 aromatic carbocycles. The molecule has 1 rings (SSSR count). The number of carbonyl (C=O) groups excluding carboxylic acids is 2. The van der Waals surface area contributed by atoms with E-state index in [2.05, 4.69) is 50.3 Å². The van der Waals surface area contributed by atoms with Crippen molar-refractivity contribution >= 4 is 11.9 Å². The van der Waals surface area contributed by atoms with Crippen molar-refractivity contribution in [3.8, 4) is 0 Å². The van der Waals surface area contributed by atoms with Crippen molar-refractivity contribution in [2.45, 2.75) is 193 Å². The van der Waals surface area contributed by atoms with Crippen LogP contribution in [0.15, 0.2) is 66.8 Å². The number of hydrogen-bond acceptors (Lipinski definition) is 5. The number of allylic oxidation sites excluding steroid dienone is 6. The minimum atomic E-state index is -0.599. The Hall–Kier alpha value is -2.66. The van der Waals surface area contributed by atoms with Gasteiger partial charge in [0.2, 0.25) is 0 Å². The summed E-state index contributed by atoms with van der Waals surface area (Å²) in [6, 6.07) is 9.91. The van der Waals surface area contributed by atoms with E-state index in [1.165, 1.54) is 96.3 Å². The van der Waals surface area contributed by atoms with Crippen molar-refractivity contribution in [3.63, 3.8) is 0 Å². The number of hydrogen-bond donors (Lipinski definition) is 0. The molecule has 1 atom stereocenters. The van der Waals surface area contributed by atoms with Crippen LogP contribution in [0.1, 0.15) is 186 Å². The molecule has 0 N–H and O–H groups in total. The van der Waals surface area contributed by atoms with E-state index in [1.54, 1.807) is 0 Å². The highest BCUT2D eigenvalue weighted by atomic mass is 16.6. The van der Waals surface area contributed by atoms with Gasteiger partial charge in [0, 0.05) is 12.8 Å². The Morgan fingerprint density at radius 1 is 0.529 bits per heavy atom. The molecule has 0 heterocycles. The van der Waals surface area contributed by atoms with Crippen molar-refractivity contribution in [2.24, 2.45) is 0 Å². The van der Waals surface area contributed by atoms with Crippen LogP contribution in [-0.2, 0) is 30.4 Å². The van der Waals surface area contributed by atoms with Gasteiger partial charge in [-0.15, -0.1) is 0 Å². The Labute approximate surface area is 314 Å². The summed E-state index contributed by atoms with van der Waals surface area (Å²) in [7, 11) is 0. The molecular formula is C46H76O5. The predicted molar refractivity (Wildman–Crippen MR) is 216 cm³/mol. The van der Waals surface area contributed by atoms with Gasteiger partial charge in [0.05, 0.1) is 13.2 Å². The number of carbonyl (C=O) groups is 2. The van der Waals surface area contributed by atoms with Crippen LogP contribution in [-0.4, -0.2) is 31.3 Å². The fraction of sp³-hybridized carbons (Fsp3) is 0.696. The molecule has 0 saturated carbocycles. The summed E-state index contributed by atoms with van der Waals surface area (Å²) in [6.07, 6.45) is 42.4. The Morgan fingerprint density at radius 2 is 0.980 bits per heavy atom. The molecule has 0 spiro atoms. The second-order valence-electron chi connectivity index (χ2n) is 14.1. The first kappa shape index (κ1) is 46.4. The van der Waals surface area contributed by atoms with Gasteiger partial charge in [-0.1, -0.05) is 164 Å². The fourth-order valence-electron chi connectivity index (χ4n) is 5.92. The maximum Gasteiger partial charge on any atom is 0.306 e. The minimum absolute atomic E-state index is 0.0337. The molecule has 0 bridgehead atoms. The molecule has 5 nitrogen and oxygen atoms in total. The van der Waals surface area contributed by atoms with Gasteiger partial charge in [-0.25, -0.2) is 0 Å². The van der Waals surface area contributed by atoms with Gasteiger partial charge in [-0.05, 0) is 76.2 Å². The largest absolute Gasteiger partial charge is 0.462 e. The van der Waals surface area contributed by atoms with E-state index >= 15 is 0 Å². The molecule has 1 aromatic rings. The highest BCUT2D eigenvalue weighted by Gasteiger charge is 2.17. The van der Waals surface area contributed by atoms with E-state index in [0.717, 1.165) is 63.4 Å². The maximum absolute atomic E-state index is 12.7. The first-order valence-electron chi connectivity index (χ1n) is 21.1. The van der Waals surface area contributed by atoms with Crippen LogP contribution in [0, 0.1) is 0 Å². The third-order valence-electron chi connectivity index (χ3n) is 9.12. The summed E-state index contributed by atoms with van der Waals surface area (Å²) in [5.74, 6) is -0.479. The zero-order valence-electron chi connectivity index (χ0n) is 33.0. The topological polar surface area (TPSA) is 61.8 Å². The standard InChI is InChI=1S/C46H76O5/c1-3-5-7-9-11-13-15-17-19-21-23-25-27-29-34-38-45(47)50-42-44(41-49-40-43-36-32-31-33-37-43)51-46(48)39-35-30-28-26-24-22-20-18-16-14-12-10-8-6-4-2/h11,13,17-20,31-33,36-37,44H,3-10,12,14-16,21-30,34-35,38-42H2,1-2H3/b13-11-,19-17-,20-18-/t44-/m1/s1. The van der Waals surface area contributed by atoms with Gasteiger partial charge < -0.3 is 14.2 Å². The summed E-state index contributed by atoms with van der Waals surface area (Å²) in [6.45, 7) is 5.16. The monoisotopic (exact) mass is 709 g/mol. The average Bonchev–Trinajstić information content (AvgIpc) is 3.14. The van der Waals surface area contributed by atoms with Gasteiger partial charge >= 0.3 is 11.9 Å². The Balaban J connectivity index is 2.19. The van der Waals surface area contributed by atoms with E-state index < -0.39 is 6.10 Å². The van der Waals surface area contributed by atoms with Crippen LogP contribution < -0.4 is 0 Å². The second kappa shape index (κ2) is 37.1. The lowest BCUT2D eigenvalue weighted by Crippen LogP contribution is -2.29. The van der Waals surface area contributed by atoms with Gasteiger partial charge in [0.1, 0.15) is 6.61 Å². The van der Waals surface area contributed by atoms with E-state index in [0.29, 0.717) is 19.4 Å². The molecule has 0 radical (unpaired) electrons. The highest BCUT2D eigenvalue weighted by molar-refractivity contribution is 5.70. The predicted octanol–water partition coefficient (Wildman–Crippen LogP) is 13.5. The van der Waals surface area contributed by atoms with Gasteiger partial charge in [-0.3, -0.25) is 9.59 Å². The lowest BCUT2D eigenvalue weighted by molar-refractivity contribution is -0.163. The molecule has 5 heteroatoms. The average molecular weight is 709 g/mol. The first-order chi connectivity index (χ1) is 25.2. The van der Waals surface area contributed by atoms with Crippen molar-refractivity contribution in [3.05, 3.63) is 72.4 Å². The van der Waals surface area contributed by atoms with Gasteiger partial charge in [-0.2, -0.15) is 0 Å². The second-order valence-corrected chi connectivity index (χ2v) is 14.1. The van der Waals surface area contributed by atoms with Crippen LogP contribution in [0.25, 0.3) is 0 Å². The van der Waals surface area contributed by atoms with Crippen LogP contribution in [0.5, 0.6) is 0 Å². The molecule has 290 valence electrons. The lowest BCUT2D eigenvalue weighted by Gasteiger charge is -2.18.